The van der Waals surface area contributed by atoms with Crippen molar-refractivity contribution in [2.24, 2.45) is 0 Å². The van der Waals surface area contributed by atoms with Crippen molar-refractivity contribution >= 4 is 46.6 Å². The lowest BCUT2D eigenvalue weighted by Gasteiger charge is -2.22. The molecule has 0 bridgehead atoms. The summed E-state index contributed by atoms with van der Waals surface area (Å²) in [6.45, 7) is 0.401. The van der Waals surface area contributed by atoms with E-state index in [0.717, 1.165) is 42.6 Å². The number of halogens is 2. The van der Waals surface area contributed by atoms with Crippen LogP contribution >= 0.6 is 35.0 Å². The van der Waals surface area contributed by atoms with E-state index in [0.29, 0.717) is 27.3 Å². The van der Waals surface area contributed by atoms with Crippen molar-refractivity contribution in [1.82, 2.24) is 14.5 Å². The zero-order valence-electron chi connectivity index (χ0n) is 16.6. The van der Waals surface area contributed by atoms with Gasteiger partial charge in [0.05, 0.1) is 28.0 Å². The van der Waals surface area contributed by atoms with Crippen molar-refractivity contribution in [3.05, 3.63) is 80.1 Å². The number of carbonyl (C=O) groups is 1. The molecule has 6 nitrogen and oxygen atoms in total. The molecule has 2 aromatic heterocycles. The van der Waals surface area contributed by atoms with Gasteiger partial charge in [-0.1, -0.05) is 41.0 Å². The summed E-state index contributed by atoms with van der Waals surface area (Å²) in [6, 6.07) is 10.6. The lowest BCUT2D eigenvalue weighted by molar-refractivity contribution is -0.113. The van der Waals surface area contributed by atoms with Gasteiger partial charge in [-0.25, -0.2) is 4.79 Å². The quantitative estimate of drug-likeness (QED) is 0.417. The Morgan fingerprint density at radius 3 is 2.74 bits per heavy atom. The van der Waals surface area contributed by atoms with Crippen LogP contribution in [0.5, 0.6) is 0 Å². The number of pyridine rings is 1. The normalized spacial score (nSPS) is 13.0. The van der Waals surface area contributed by atoms with Gasteiger partial charge in [-0.3, -0.25) is 14.3 Å². The Balaban J connectivity index is 1.52. The number of benzene rings is 1. The number of amides is 1. The van der Waals surface area contributed by atoms with Gasteiger partial charge < -0.3 is 5.32 Å². The van der Waals surface area contributed by atoms with E-state index in [1.165, 1.54) is 11.8 Å². The van der Waals surface area contributed by atoms with Gasteiger partial charge in [-0.15, -0.1) is 0 Å². The molecule has 0 unspecified atom stereocenters. The van der Waals surface area contributed by atoms with Gasteiger partial charge in [-0.05, 0) is 56.0 Å². The fourth-order valence-electron chi connectivity index (χ4n) is 3.59. The number of fused-ring (bicyclic) bond motifs is 1. The molecule has 0 aliphatic heterocycles. The van der Waals surface area contributed by atoms with Crippen molar-refractivity contribution in [3.63, 3.8) is 0 Å². The number of nitrogens with one attached hydrogen (secondary N) is 1. The maximum atomic E-state index is 12.8. The van der Waals surface area contributed by atoms with Gasteiger partial charge in [0.15, 0.2) is 0 Å². The minimum atomic E-state index is -0.307. The number of anilines is 1. The molecule has 31 heavy (non-hydrogen) atoms. The summed E-state index contributed by atoms with van der Waals surface area (Å²) in [5, 5.41) is 4.24. The van der Waals surface area contributed by atoms with Crippen LogP contribution in [-0.2, 0) is 24.2 Å². The molecule has 2 heterocycles. The highest BCUT2D eigenvalue weighted by Gasteiger charge is 2.21. The van der Waals surface area contributed by atoms with Crippen molar-refractivity contribution in [2.45, 2.75) is 37.3 Å². The van der Waals surface area contributed by atoms with E-state index in [2.05, 4.69) is 15.3 Å². The SMILES string of the molecule is O=C(CSc1nc(=O)n(Cc2ccccn2)c2c1CCCC2)Nc1ccc(Cl)c(Cl)c1. The standard InChI is InChI=1S/C22H20Cl2N4O2S/c23-17-9-8-14(11-18(17)24)26-20(29)13-31-21-16-6-1-2-7-19(16)28(22(30)27-21)12-15-5-3-4-10-25-15/h3-5,8-11H,1-2,6-7,12-13H2,(H,26,29). The summed E-state index contributed by atoms with van der Waals surface area (Å²) >= 11 is 13.2. The Kier molecular flexibility index (Phi) is 6.95. The van der Waals surface area contributed by atoms with Crippen molar-refractivity contribution in [3.8, 4) is 0 Å². The van der Waals surface area contributed by atoms with Crippen LogP contribution in [0, 0.1) is 0 Å². The molecule has 4 rings (SSSR count). The topological polar surface area (TPSA) is 76.9 Å². The Labute approximate surface area is 194 Å². The number of thioether (sulfide) groups is 1. The molecule has 0 fully saturated rings. The van der Waals surface area contributed by atoms with Gasteiger partial charge in [0.2, 0.25) is 5.91 Å². The molecule has 0 atom stereocenters. The fourth-order valence-corrected chi connectivity index (χ4v) is 4.76. The van der Waals surface area contributed by atoms with E-state index in [-0.39, 0.29) is 17.3 Å². The van der Waals surface area contributed by atoms with E-state index in [1.807, 2.05) is 18.2 Å². The highest BCUT2D eigenvalue weighted by atomic mass is 35.5. The molecule has 1 N–H and O–H groups in total. The summed E-state index contributed by atoms with van der Waals surface area (Å²) in [4.78, 5) is 33.9. The van der Waals surface area contributed by atoms with Gasteiger partial charge >= 0.3 is 5.69 Å². The summed E-state index contributed by atoms with van der Waals surface area (Å²) in [5.41, 5.74) is 3.15. The minimum Gasteiger partial charge on any atom is -0.325 e. The van der Waals surface area contributed by atoms with Crippen molar-refractivity contribution in [1.29, 1.82) is 0 Å². The van der Waals surface area contributed by atoms with Crippen LogP contribution in [0.2, 0.25) is 10.0 Å². The van der Waals surface area contributed by atoms with E-state index < -0.39 is 0 Å². The Bertz CT molecular complexity index is 1170. The molecule has 1 aliphatic carbocycles. The molecule has 3 aromatic rings. The number of nitrogens with zero attached hydrogens (tertiary/aromatic N) is 3. The fraction of sp³-hybridized carbons (Fsp3) is 0.273. The first-order valence-electron chi connectivity index (χ1n) is 9.91. The number of hydrogen-bond acceptors (Lipinski definition) is 5. The zero-order valence-corrected chi connectivity index (χ0v) is 18.9. The first-order chi connectivity index (χ1) is 15.0. The zero-order chi connectivity index (χ0) is 21.8. The van der Waals surface area contributed by atoms with Crippen LogP contribution in [-0.4, -0.2) is 26.2 Å². The Morgan fingerprint density at radius 1 is 1.13 bits per heavy atom. The van der Waals surface area contributed by atoms with Crippen LogP contribution in [0.15, 0.2) is 52.4 Å². The molecule has 9 heteroatoms. The predicted octanol–water partition coefficient (Wildman–Crippen LogP) is 4.60. The summed E-state index contributed by atoms with van der Waals surface area (Å²) < 4.78 is 1.72. The maximum absolute atomic E-state index is 12.8. The van der Waals surface area contributed by atoms with Crippen molar-refractivity contribution < 1.29 is 4.79 Å². The van der Waals surface area contributed by atoms with Crippen LogP contribution in [0.25, 0.3) is 0 Å². The third-order valence-electron chi connectivity index (χ3n) is 5.04. The third-order valence-corrected chi connectivity index (χ3v) is 6.80. The molecule has 1 amide bonds. The van der Waals surface area contributed by atoms with Gasteiger partial charge in [0.25, 0.3) is 0 Å². The number of hydrogen-bond donors (Lipinski definition) is 1. The lowest BCUT2D eigenvalue weighted by Crippen LogP contribution is -2.31. The van der Waals surface area contributed by atoms with E-state index in [4.69, 9.17) is 23.2 Å². The highest BCUT2D eigenvalue weighted by Crippen LogP contribution is 2.29. The van der Waals surface area contributed by atoms with Crippen LogP contribution in [0.3, 0.4) is 0 Å². The van der Waals surface area contributed by atoms with Gasteiger partial charge in [0, 0.05) is 23.1 Å². The molecule has 1 aliphatic rings. The lowest BCUT2D eigenvalue weighted by atomic mass is 9.97. The predicted molar refractivity (Wildman–Crippen MR) is 124 cm³/mol. The second-order valence-electron chi connectivity index (χ2n) is 7.20. The summed E-state index contributed by atoms with van der Waals surface area (Å²) in [6.07, 6.45) is 5.46. The van der Waals surface area contributed by atoms with Crippen LogP contribution < -0.4 is 11.0 Å². The van der Waals surface area contributed by atoms with E-state index >= 15 is 0 Å². The number of rotatable bonds is 6. The summed E-state index contributed by atoms with van der Waals surface area (Å²) in [7, 11) is 0. The molecule has 160 valence electrons. The van der Waals surface area contributed by atoms with E-state index in [1.54, 1.807) is 29.0 Å². The third kappa shape index (κ3) is 5.29. The molecule has 0 saturated carbocycles. The first kappa shape index (κ1) is 21.9. The van der Waals surface area contributed by atoms with Crippen LogP contribution in [0.1, 0.15) is 29.8 Å². The smallest absolute Gasteiger partial charge is 0.325 e. The highest BCUT2D eigenvalue weighted by molar-refractivity contribution is 8.00. The Morgan fingerprint density at radius 2 is 1.97 bits per heavy atom. The van der Waals surface area contributed by atoms with Crippen LogP contribution in [0.4, 0.5) is 5.69 Å². The monoisotopic (exact) mass is 474 g/mol. The molecule has 1 aromatic carbocycles. The van der Waals surface area contributed by atoms with Gasteiger partial charge in [0.1, 0.15) is 5.03 Å². The molecule has 0 saturated heterocycles. The van der Waals surface area contributed by atoms with Gasteiger partial charge in [-0.2, -0.15) is 4.98 Å². The first-order valence-corrected chi connectivity index (χ1v) is 11.7. The number of carbonyl (C=O) groups excluding carboxylic acids is 1. The van der Waals surface area contributed by atoms with E-state index in [9.17, 15) is 9.59 Å². The maximum Gasteiger partial charge on any atom is 0.349 e. The average molecular weight is 475 g/mol. The Hall–Kier alpha value is -2.35. The average Bonchev–Trinajstić information content (AvgIpc) is 2.78. The molecular weight excluding hydrogens is 455 g/mol. The molecule has 0 spiro atoms. The second kappa shape index (κ2) is 9.85. The molecule has 0 radical (unpaired) electrons. The largest absolute Gasteiger partial charge is 0.349 e. The minimum absolute atomic E-state index is 0.142. The second-order valence-corrected chi connectivity index (χ2v) is 8.98. The molecular formula is C22H20Cl2N4O2S. The summed E-state index contributed by atoms with van der Waals surface area (Å²) in [5.74, 6) is -0.0592. The van der Waals surface area contributed by atoms with Crippen molar-refractivity contribution in [2.75, 3.05) is 11.1 Å². The number of aromatic nitrogens is 3.